The molecule has 30 heavy (non-hydrogen) atoms. The predicted octanol–water partition coefficient (Wildman–Crippen LogP) is 2.28. The lowest BCUT2D eigenvalue weighted by molar-refractivity contribution is -0.115. The lowest BCUT2D eigenvalue weighted by Crippen LogP contribution is -2.42. The summed E-state index contributed by atoms with van der Waals surface area (Å²) in [6.45, 7) is 2.67. The molecule has 0 unspecified atom stereocenters. The number of nitrogens with zero attached hydrogens (tertiary/aromatic N) is 4. The van der Waals surface area contributed by atoms with Crippen molar-refractivity contribution in [1.82, 2.24) is 25.2 Å². The van der Waals surface area contributed by atoms with Crippen LogP contribution in [0.15, 0.2) is 35.4 Å². The lowest BCUT2D eigenvalue weighted by Gasteiger charge is -2.32. The Hall–Kier alpha value is -2.98. The van der Waals surface area contributed by atoms with Gasteiger partial charge in [-0.25, -0.2) is 4.98 Å². The average Bonchev–Trinajstić information content (AvgIpc) is 3.05. The molecule has 2 aliphatic heterocycles. The number of carbonyl (C=O) groups excluding carboxylic acids is 2. The standard InChI is InChI=1S/C20H22N6O3S/c1-29-17-10-15(9-16-18(27)25-20(28)30-16)23-19(24-17)22-14-6-4-8-26(12-14)11-13-5-2-3-7-21-13/h2-3,5,7,9-10,14H,4,6,8,11-12H2,1H3,(H,22,23,24)(H,25,27,28)/b16-9-/t14-/m0/s1. The highest BCUT2D eigenvalue weighted by atomic mass is 32.2. The number of amides is 2. The Kier molecular flexibility index (Phi) is 6.24. The molecule has 2 aliphatic rings. The molecule has 0 bridgehead atoms. The van der Waals surface area contributed by atoms with Gasteiger partial charge >= 0.3 is 0 Å². The molecule has 4 heterocycles. The number of nitrogens with one attached hydrogen (secondary N) is 2. The molecule has 0 aliphatic carbocycles. The first-order valence-corrected chi connectivity index (χ1v) is 10.5. The van der Waals surface area contributed by atoms with Crippen LogP contribution in [0.25, 0.3) is 6.08 Å². The average molecular weight is 427 g/mol. The van der Waals surface area contributed by atoms with Gasteiger partial charge in [-0.15, -0.1) is 0 Å². The van der Waals surface area contributed by atoms with E-state index in [4.69, 9.17) is 4.74 Å². The Balaban J connectivity index is 1.46. The molecule has 0 radical (unpaired) electrons. The molecule has 156 valence electrons. The van der Waals surface area contributed by atoms with Gasteiger partial charge in [0.2, 0.25) is 11.8 Å². The molecule has 2 N–H and O–H groups in total. The molecule has 2 aromatic heterocycles. The molecule has 1 atom stereocenters. The van der Waals surface area contributed by atoms with E-state index in [1.54, 1.807) is 12.1 Å². The monoisotopic (exact) mass is 426 g/mol. The van der Waals surface area contributed by atoms with Crippen LogP contribution in [0.5, 0.6) is 5.88 Å². The molecule has 0 saturated carbocycles. The molecule has 9 nitrogen and oxygen atoms in total. The fourth-order valence-corrected chi connectivity index (χ4v) is 4.13. The largest absolute Gasteiger partial charge is 0.481 e. The minimum atomic E-state index is -0.422. The topological polar surface area (TPSA) is 109 Å². The Bertz CT molecular complexity index is 968. The van der Waals surface area contributed by atoms with Crippen LogP contribution < -0.4 is 15.4 Å². The van der Waals surface area contributed by atoms with Crippen molar-refractivity contribution < 1.29 is 14.3 Å². The van der Waals surface area contributed by atoms with Crippen LogP contribution in [-0.2, 0) is 11.3 Å². The Morgan fingerprint density at radius 3 is 3.00 bits per heavy atom. The molecule has 10 heteroatoms. The van der Waals surface area contributed by atoms with Crippen molar-refractivity contribution in [1.29, 1.82) is 0 Å². The Morgan fingerprint density at radius 1 is 1.37 bits per heavy atom. The van der Waals surface area contributed by atoms with E-state index in [-0.39, 0.29) is 11.3 Å². The zero-order valence-corrected chi connectivity index (χ0v) is 17.3. The number of rotatable bonds is 6. The Morgan fingerprint density at radius 2 is 2.27 bits per heavy atom. The zero-order valence-electron chi connectivity index (χ0n) is 16.5. The highest BCUT2D eigenvalue weighted by Crippen LogP contribution is 2.26. The van der Waals surface area contributed by atoms with E-state index in [0.29, 0.717) is 22.4 Å². The normalized spacial score (nSPS) is 21.0. The molecule has 4 rings (SSSR count). The molecular formula is C20H22N6O3S. The van der Waals surface area contributed by atoms with E-state index >= 15 is 0 Å². The maximum Gasteiger partial charge on any atom is 0.290 e. The van der Waals surface area contributed by atoms with Crippen molar-refractivity contribution >= 4 is 34.9 Å². The quantitative estimate of drug-likeness (QED) is 0.672. The number of thioether (sulfide) groups is 1. The van der Waals surface area contributed by atoms with E-state index in [9.17, 15) is 9.59 Å². The maximum atomic E-state index is 11.8. The number of ether oxygens (including phenoxy) is 1. The van der Waals surface area contributed by atoms with Crippen LogP contribution in [0.4, 0.5) is 10.7 Å². The zero-order chi connectivity index (χ0) is 20.9. The first kappa shape index (κ1) is 20.3. The fourth-order valence-electron chi connectivity index (χ4n) is 3.46. The molecule has 2 saturated heterocycles. The minimum Gasteiger partial charge on any atom is -0.481 e. The summed E-state index contributed by atoms with van der Waals surface area (Å²) in [5.74, 6) is 0.394. The van der Waals surface area contributed by atoms with Gasteiger partial charge in [-0.05, 0) is 49.4 Å². The molecule has 2 aromatic rings. The van der Waals surface area contributed by atoms with Gasteiger partial charge < -0.3 is 10.1 Å². The van der Waals surface area contributed by atoms with Crippen molar-refractivity contribution in [3.63, 3.8) is 0 Å². The first-order chi connectivity index (χ1) is 14.6. The second kappa shape index (κ2) is 9.23. The van der Waals surface area contributed by atoms with Crippen molar-refractivity contribution in [3.05, 3.63) is 46.8 Å². The Labute approximate surface area is 178 Å². The smallest absolute Gasteiger partial charge is 0.290 e. The van der Waals surface area contributed by atoms with Crippen LogP contribution in [-0.4, -0.2) is 57.2 Å². The number of pyridine rings is 1. The highest BCUT2D eigenvalue weighted by Gasteiger charge is 2.26. The van der Waals surface area contributed by atoms with Gasteiger partial charge in [0.1, 0.15) is 0 Å². The molecule has 2 fully saturated rings. The SMILES string of the molecule is COc1cc(/C=C2\SC(=O)NC2=O)nc(N[C@H]2CCCN(Cc3ccccn3)C2)n1. The van der Waals surface area contributed by atoms with Gasteiger partial charge in [0, 0.05) is 31.4 Å². The summed E-state index contributed by atoms with van der Waals surface area (Å²) in [4.78, 5) is 39.1. The van der Waals surface area contributed by atoms with Gasteiger partial charge in [0.15, 0.2) is 0 Å². The van der Waals surface area contributed by atoms with Crippen molar-refractivity contribution in [2.24, 2.45) is 0 Å². The summed E-state index contributed by atoms with van der Waals surface area (Å²) in [6, 6.07) is 7.76. The number of anilines is 1. The molecule has 2 amide bonds. The number of aromatic nitrogens is 3. The maximum absolute atomic E-state index is 11.8. The van der Waals surface area contributed by atoms with Gasteiger partial charge in [-0.1, -0.05) is 6.07 Å². The van der Waals surface area contributed by atoms with Crippen LogP contribution in [0.3, 0.4) is 0 Å². The van der Waals surface area contributed by atoms with E-state index in [2.05, 4.69) is 30.5 Å². The number of likely N-dealkylation sites (tertiary alicyclic amines) is 1. The van der Waals surface area contributed by atoms with Crippen LogP contribution in [0.1, 0.15) is 24.2 Å². The van der Waals surface area contributed by atoms with Gasteiger partial charge in [-0.2, -0.15) is 4.98 Å². The third-order valence-electron chi connectivity index (χ3n) is 4.80. The number of carbonyl (C=O) groups is 2. The van der Waals surface area contributed by atoms with Gasteiger partial charge in [0.25, 0.3) is 11.1 Å². The molecular weight excluding hydrogens is 404 g/mol. The third kappa shape index (κ3) is 5.14. The van der Waals surface area contributed by atoms with Crippen molar-refractivity contribution in [2.75, 3.05) is 25.5 Å². The first-order valence-electron chi connectivity index (χ1n) is 9.66. The van der Waals surface area contributed by atoms with Crippen LogP contribution in [0, 0.1) is 0 Å². The number of imide groups is 1. The number of hydrogen-bond donors (Lipinski definition) is 2. The van der Waals surface area contributed by atoms with E-state index in [1.807, 2.05) is 24.4 Å². The summed E-state index contributed by atoms with van der Waals surface area (Å²) in [7, 11) is 1.53. The van der Waals surface area contributed by atoms with Crippen LogP contribution >= 0.6 is 11.8 Å². The summed E-state index contributed by atoms with van der Waals surface area (Å²) >= 11 is 0.852. The summed E-state index contributed by atoms with van der Waals surface area (Å²) < 4.78 is 5.28. The second-order valence-corrected chi connectivity index (χ2v) is 8.07. The van der Waals surface area contributed by atoms with Crippen molar-refractivity contribution in [2.45, 2.75) is 25.4 Å². The van der Waals surface area contributed by atoms with E-state index < -0.39 is 5.91 Å². The van der Waals surface area contributed by atoms with E-state index in [0.717, 1.165) is 49.9 Å². The minimum absolute atomic E-state index is 0.181. The summed E-state index contributed by atoms with van der Waals surface area (Å²) in [6.07, 6.45) is 5.44. The highest BCUT2D eigenvalue weighted by molar-refractivity contribution is 8.18. The number of piperidine rings is 1. The fraction of sp³-hybridized carbons (Fsp3) is 0.350. The number of hydrogen-bond acceptors (Lipinski definition) is 9. The predicted molar refractivity (Wildman–Crippen MR) is 114 cm³/mol. The summed E-state index contributed by atoms with van der Waals surface area (Å²) in [5.41, 5.74) is 1.55. The van der Waals surface area contributed by atoms with Gasteiger partial charge in [0.05, 0.1) is 23.4 Å². The number of methoxy groups -OCH3 is 1. The van der Waals surface area contributed by atoms with Gasteiger partial charge in [-0.3, -0.25) is 24.8 Å². The molecule has 0 spiro atoms. The summed E-state index contributed by atoms with van der Waals surface area (Å²) in [5, 5.41) is 5.24. The third-order valence-corrected chi connectivity index (χ3v) is 5.61. The van der Waals surface area contributed by atoms with E-state index in [1.165, 1.54) is 7.11 Å². The second-order valence-electron chi connectivity index (χ2n) is 7.05. The van der Waals surface area contributed by atoms with Crippen LogP contribution in [0.2, 0.25) is 0 Å². The molecule has 0 aromatic carbocycles. The lowest BCUT2D eigenvalue weighted by atomic mass is 10.1. The van der Waals surface area contributed by atoms with Crippen molar-refractivity contribution in [3.8, 4) is 5.88 Å².